The Morgan fingerprint density at radius 3 is 2.58 bits per heavy atom. The molecule has 0 atom stereocenters. The summed E-state index contributed by atoms with van der Waals surface area (Å²) in [6, 6.07) is 14.1. The van der Waals surface area contributed by atoms with Gasteiger partial charge >= 0.3 is 0 Å². The normalized spacial score (nSPS) is 15.0. The Kier molecular flexibility index (Phi) is 4.09. The number of aromatic nitrogens is 1. The molecule has 4 nitrogen and oxygen atoms in total. The molecule has 1 aliphatic rings. The predicted molar refractivity (Wildman–Crippen MR) is 109 cm³/mol. The maximum atomic E-state index is 10.6. The maximum Gasteiger partial charge on any atom is 0.210 e. The topological polar surface area (TPSA) is 49.9 Å². The van der Waals surface area contributed by atoms with Crippen LogP contribution in [0.15, 0.2) is 52.4 Å². The minimum absolute atomic E-state index is 0.213. The Morgan fingerprint density at radius 1 is 1.08 bits per heavy atom. The first-order valence-electron chi connectivity index (χ1n) is 8.39. The van der Waals surface area contributed by atoms with Gasteiger partial charge in [0.2, 0.25) is 5.88 Å². The molecule has 4 rings (SSSR count). The van der Waals surface area contributed by atoms with Gasteiger partial charge in [0.1, 0.15) is 0 Å². The molecule has 130 valence electrons. The summed E-state index contributed by atoms with van der Waals surface area (Å²) in [4.78, 5) is 10.8. The first-order chi connectivity index (χ1) is 12.5. The van der Waals surface area contributed by atoms with E-state index in [4.69, 9.17) is 4.99 Å². The van der Waals surface area contributed by atoms with Crippen molar-refractivity contribution in [3.63, 3.8) is 0 Å². The number of para-hydroxylation sites is 2. The Morgan fingerprint density at radius 2 is 1.81 bits per heavy atom. The standard InChI is InChI=1S/C21H19N3OS/c1-13-7-6-8-14(2)19(13)23-21-24(3)20(25)18(26-21)11-15-12-22-17-10-5-4-9-16(15)17/h4-12,25H,1-3H3. The van der Waals surface area contributed by atoms with Crippen LogP contribution in [0.4, 0.5) is 11.4 Å². The third kappa shape index (κ3) is 2.80. The zero-order valence-electron chi connectivity index (χ0n) is 14.9. The minimum atomic E-state index is 0.213. The van der Waals surface area contributed by atoms with Gasteiger partial charge in [0.25, 0.3) is 0 Å². The van der Waals surface area contributed by atoms with E-state index in [1.807, 2.05) is 75.7 Å². The fourth-order valence-electron chi connectivity index (χ4n) is 3.03. The van der Waals surface area contributed by atoms with Crippen molar-refractivity contribution in [2.45, 2.75) is 13.8 Å². The molecule has 0 saturated carbocycles. The zero-order chi connectivity index (χ0) is 18.3. The molecule has 2 aromatic carbocycles. The number of aliphatic imine (C=N–C) groups is 1. The Labute approximate surface area is 156 Å². The first kappa shape index (κ1) is 16.5. The largest absolute Gasteiger partial charge is 0.493 e. The second kappa shape index (κ2) is 6.42. The van der Waals surface area contributed by atoms with E-state index in [-0.39, 0.29) is 5.88 Å². The molecule has 0 spiro atoms. The van der Waals surface area contributed by atoms with Crippen molar-refractivity contribution in [1.82, 2.24) is 4.57 Å². The van der Waals surface area contributed by atoms with Crippen molar-refractivity contribution in [2.75, 3.05) is 0 Å². The highest BCUT2D eigenvalue weighted by atomic mass is 32.1. The van der Waals surface area contributed by atoms with Gasteiger partial charge in [-0.1, -0.05) is 47.7 Å². The highest BCUT2D eigenvalue weighted by Crippen LogP contribution is 2.34. The summed E-state index contributed by atoms with van der Waals surface area (Å²) in [7, 11) is 1.83. The molecule has 1 aliphatic heterocycles. The van der Waals surface area contributed by atoms with Crippen LogP contribution >= 0.6 is 11.3 Å². The smallest absolute Gasteiger partial charge is 0.210 e. The summed E-state index contributed by atoms with van der Waals surface area (Å²) >= 11 is 1.47. The van der Waals surface area contributed by atoms with Gasteiger partial charge in [0.15, 0.2) is 4.80 Å². The Bertz CT molecular complexity index is 1110. The molecule has 0 amide bonds. The summed E-state index contributed by atoms with van der Waals surface area (Å²) in [5.41, 5.74) is 6.23. The van der Waals surface area contributed by atoms with Crippen LogP contribution in [0.1, 0.15) is 21.6 Å². The number of nitrogens with zero attached hydrogens (tertiary/aromatic N) is 3. The van der Waals surface area contributed by atoms with E-state index in [0.29, 0.717) is 0 Å². The fourth-order valence-corrected chi connectivity index (χ4v) is 4.00. The number of thiazole rings is 1. The molecular weight excluding hydrogens is 342 g/mol. The third-order valence-electron chi connectivity index (χ3n) is 4.52. The van der Waals surface area contributed by atoms with Gasteiger partial charge in [-0.3, -0.25) is 9.56 Å². The molecule has 5 heteroatoms. The lowest BCUT2D eigenvalue weighted by Crippen LogP contribution is -2.09. The van der Waals surface area contributed by atoms with E-state index in [0.717, 1.165) is 43.3 Å². The quantitative estimate of drug-likeness (QED) is 0.693. The molecule has 1 N–H and O–H groups in total. The highest BCUT2D eigenvalue weighted by Gasteiger charge is 2.14. The maximum absolute atomic E-state index is 10.6. The van der Waals surface area contributed by atoms with Gasteiger partial charge in [-0.15, -0.1) is 0 Å². The van der Waals surface area contributed by atoms with E-state index >= 15 is 0 Å². The van der Waals surface area contributed by atoms with Crippen molar-refractivity contribution in [2.24, 2.45) is 17.0 Å². The summed E-state index contributed by atoms with van der Waals surface area (Å²) in [6.45, 7) is 4.10. The SMILES string of the molecule is Cc1cccc(C)c1N=c1sc(C=C2C=Nc3ccccc32)c(O)n1C. The highest BCUT2D eigenvalue weighted by molar-refractivity contribution is 7.10. The molecule has 0 aliphatic carbocycles. The average Bonchev–Trinajstić information content (AvgIpc) is 3.15. The van der Waals surface area contributed by atoms with Crippen molar-refractivity contribution in [3.8, 4) is 5.88 Å². The molecule has 1 aromatic heterocycles. The van der Waals surface area contributed by atoms with E-state index < -0.39 is 0 Å². The van der Waals surface area contributed by atoms with E-state index in [1.165, 1.54) is 11.3 Å². The number of fused-ring (bicyclic) bond motifs is 1. The fraction of sp³-hybridized carbons (Fsp3) is 0.143. The van der Waals surface area contributed by atoms with Crippen LogP contribution in [0, 0.1) is 13.8 Å². The van der Waals surface area contributed by atoms with Gasteiger partial charge in [0.05, 0.1) is 16.3 Å². The van der Waals surface area contributed by atoms with Crippen LogP contribution in [0.3, 0.4) is 0 Å². The lowest BCUT2D eigenvalue weighted by Gasteiger charge is -2.03. The van der Waals surface area contributed by atoms with Crippen LogP contribution in [-0.4, -0.2) is 15.9 Å². The van der Waals surface area contributed by atoms with Crippen LogP contribution < -0.4 is 4.80 Å². The third-order valence-corrected chi connectivity index (χ3v) is 5.59. The molecule has 0 unspecified atom stereocenters. The molecule has 0 saturated heterocycles. The molecule has 0 bridgehead atoms. The van der Waals surface area contributed by atoms with Crippen LogP contribution in [0.25, 0.3) is 11.6 Å². The summed E-state index contributed by atoms with van der Waals surface area (Å²) in [6.07, 6.45) is 3.81. The molecular formula is C21H19N3OS. The monoisotopic (exact) mass is 361 g/mol. The number of allylic oxidation sites excluding steroid dienone is 1. The van der Waals surface area contributed by atoms with Crippen molar-refractivity contribution in [3.05, 3.63) is 68.8 Å². The number of benzene rings is 2. The van der Waals surface area contributed by atoms with E-state index in [2.05, 4.69) is 4.99 Å². The van der Waals surface area contributed by atoms with Gasteiger partial charge in [-0.2, -0.15) is 0 Å². The Balaban J connectivity index is 1.82. The molecule has 26 heavy (non-hydrogen) atoms. The number of hydrogen-bond donors (Lipinski definition) is 1. The van der Waals surface area contributed by atoms with Crippen molar-refractivity contribution in [1.29, 1.82) is 0 Å². The first-order valence-corrected chi connectivity index (χ1v) is 9.21. The van der Waals surface area contributed by atoms with Crippen LogP contribution in [0.5, 0.6) is 5.88 Å². The summed E-state index contributed by atoms with van der Waals surface area (Å²) in [5, 5.41) is 10.6. The predicted octanol–water partition coefficient (Wildman–Crippen LogP) is 4.90. The number of aromatic hydroxyl groups is 1. The van der Waals surface area contributed by atoms with Gasteiger partial charge in [-0.05, 0) is 37.1 Å². The van der Waals surface area contributed by atoms with Gasteiger partial charge < -0.3 is 5.11 Å². The average molecular weight is 361 g/mol. The van der Waals surface area contributed by atoms with Gasteiger partial charge in [0, 0.05) is 24.4 Å². The number of rotatable bonds is 2. The molecule has 0 radical (unpaired) electrons. The van der Waals surface area contributed by atoms with Crippen LogP contribution in [-0.2, 0) is 7.05 Å². The summed E-state index contributed by atoms with van der Waals surface area (Å²) < 4.78 is 1.72. The lowest BCUT2D eigenvalue weighted by atomic mass is 10.1. The molecule has 3 aromatic rings. The van der Waals surface area contributed by atoms with Crippen LogP contribution in [0.2, 0.25) is 0 Å². The zero-order valence-corrected chi connectivity index (χ0v) is 15.7. The minimum Gasteiger partial charge on any atom is -0.493 e. The molecule has 2 heterocycles. The van der Waals surface area contributed by atoms with E-state index in [9.17, 15) is 5.11 Å². The Hall–Kier alpha value is -2.92. The second-order valence-electron chi connectivity index (χ2n) is 6.36. The lowest BCUT2D eigenvalue weighted by molar-refractivity contribution is 0.427. The number of hydrogen-bond acceptors (Lipinski definition) is 4. The van der Waals surface area contributed by atoms with E-state index in [1.54, 1.807) is 4.57 Å². The molecule has 0 fully saturated rings. The van der Waals surface area contributed by atoms with Crippen molar-refractivity contribution < 1.29 is 5.11 Å². The van der Waals surface area contributed by atoms with Crippen molar-refractivity contribution >= 4 is 40.6 Å². The second-order valence-corrected chi connectivity index (χ2v) is 7.37. The summed E-state index contributed by atoms with van der Waals surface area (Å²) in [5.74, 6) is 0.213. The van der Waals surface area contributed by atoms with Gasteiger partial charge in [-0.25, -0.2) is 4.99 Å². The number of aryl methyl sites for hydroxylation is 2.